The summed E-state index contributed by atoms with van der Waals surface area (Å²) in [6.07, 6.45) is 0.990. The lowest BCUT2D eigenvalue weighted by Gasteiger charge is -2.21. The summed E-state index contributed by atoms with van der Waals surface area (Å²) in [6, 6.07) is 13.4. The van der Waals surface area contributed by atoms with Gasteiger partial charge in [-0.05, 0) is 67.3 Å². The predicted octanol–water partition coefficient (Wildman–Crippen LogP) is 5.72. The molecule has 0 saturated carbocycles. The lowest BCUT2D eigenvalue weighted by molar-refractivity contribution is 0.547. The van der Waals surface area contributed by atoms with Crippen LogP contribution in [-0.4, -0.2) is 6.54 Å². The zero-order valence-corrected chi connectivity index (χ0v) is 15.9. The van der Waals surface area contributed by atoms with E-state index in [0.717, 1.165) is 21.9 Å². The molecule has 3 heteroatoms. The molecule has 112 valence electrons. The van der Waals surface area contributed by atoms with Crippen LogP contribution in [0.15, 0.2) is 45.3 Å². The number of likely N-dealkylation sites (N-methyl/N-ethyl adjacent to an activating group) is 1. The van der Waals surface area contributed by atoms with Gasteiger partial charge in [-0.15, -0.1) is 0 Å². The summed E-state index contributed by atoms with van der Waals surface area (Å²) < 4.78 is 2.27. The average molecular weight is 411 g/mol. The van der Waals surface area contributed by atoms with E-state index >= 15 is 0 Å². The molecule has 0 fully saturated rings. The molecule has 1 atom stereocenters. The first-order chi connectivity index (χ1) is 10.0. The van der Waals surface area contributed by atoms with Gasteiger partial charge in [-0.2, -0.15) is 0 Å². The van der Waals surface area contributed by atoms with Crippen molar-refractivity contribution in [2.75, 3.05) is 6.54 Å². The first kappa shape index (κ1) is 16.7. The van der Waals surface area contributed by atoms with E-state index in [1.807, 2.05) is 0 Å². The molecule has 2 aromatic rings. The molecule has 0 saturated heterocycles. The molecule has 2 aromatic carbocycles. The van der Waals surface area contributed by atoms with Crippen molar-refractivity contribution in [3.63, 3.8) is 0 Å². The van der Waals surface area contributed by atoms with Crippen LogP contribution in [0.2, 0.25) is 0 Å². The molecule has 0 aromatic heterocycles. The van der Waals surface area contributed by atoms with Gasteiger partial charge in [0.15, 0.2) is 0 Å². The molecule has 0 aliphatic heterocycles. The summed E-state index contributed by atoms with van der Waals surface area (Å²) in [6.45, 7) is 7.44. The molecule has 0 amide bonds. The van der Waals surface area contributed by atoms with Gasteiger partial charge in [-0.3, -0.25) is 0 Å². The van der Waals surface area contributed by atoms with Gasteiger partial charge < -0.3 is 5.32 Å². The average Bonchev–Trinajstić information content (AvgIpc) is 2.45. The van der Waals surface area contributed by atoms with Crippen LogP contribution in [0.1, 0.15) is 35.2 Å². The van der Waals surface area contributed by atoms with Gasteiger partial charge in [-0.1, -0.05) is 57.0 Å². The number of aryl methyl sites for hydroxylation is 2. The van der Waals surface area contributed by atoms with E-state index in [1.165, 1.54) is 22.3 Å². The first-order valence-corrected chi connectivity index (χ1v) is 8.84. The van der Waals surface area contributed by atoms with Crippen LogP contribution in [0.5, 0.6) is 0 Å². The van der Waals surface area contributed by atoms with Crippen molar-refractivity contribution in [3.8, 4) is 0 Å². The van der Waals surface area contributed by atoms with Crippen LogP contribution >= 0.6 is 31.9 Å². The zero-order valence-electron chi connectivity index (χ0n) is 12.7. The van der Waals surface area contributed by atoms with Gasteiger partial charge in [0.25, 0.3) is 0 Å². The van der Waals surface area contributed by atoms with Crippen LogP contribution < -0.4 is 5.32 Å². The first-order valence-electron chi connectivity index (χ1n) is 7.25. The Morgan fingerprint density at radius 1 is 1.00 bits per heavy atom. The predicted molar refractivity (Wildman–Crippen MR) is 97.9 cm³/mol. The van der Waals surface area contributed by atoms with Gasteiger partial charge in [-0.25, -0.2) is 0 Å². The smallest absolute Gasteiger partial charge is 0.0372 e. The van der Waals surface area contributed by atoms with Crippen molar-refractivity contribution in [3.05, 3.63) is 67.6 Å². The van der Waals surface area contributed by atoms with E-state index in [9.17, 15) is 0 Å². The Hall–Kier alpha value is -0.640. The highest BCUT2D eigenvalue weighted by Gasteiger charge is 2.15. The lowest BCUT2D eigenvalue weighted by atomic mass is 9.96. The third-order valence-corrected chi connectivity index (χ3v) is 5.01. The second kappa shape index (κ2) is 7.57. The van der Waals surface area contributed by atoms with Crippen LogP contribution in [-0.2, 0) is 6.42 Å². The number of hydrogen-bond donors (Lipinski definition) is 1. The Morgan fingerprint density at radius 3 is 2.43 bits per heavy atom. The summed E-state index contributed by atoms with van der Waals surface area (Å²) in [4.78, 5) is 0. The SMILES string of the molecule is CCNC(Cc1ccc(C)c(C)c1)c1cc(Br)ccc1Br. The fourth-order valence-corrected chi connectivity index (χ4v) is 3.39. The van der Waals surface area contributed by atoms with Crippen molar-refractivity contribution in [1.29, 1.82) is 0 Å². The van der Waals surface area contributed by atoms with Crippen LogP contribution in [0.4, 0.5) is 0 Å². The third kappa shape index (κ3) is 4.41. The van der Waals surface area contributed by atoms with Gasteiger partial charge in [0.1, 0.15) is 0 Å². The Bertz CT molecular complexity index is 623. The molecule has 0 aliphatic rings. The highest BCUT2D eigenvalue weighted by molar-refractivity contribution is 9.11. The monoisotopic (exact) mass is 409 g/mol. The summed E-state index contributed by atoms with van der Waals surface area (Å²) in [5.41, 5.74) is 5.37. The Morgan fingerprint density at radius 2 is 1.76 bits per heavy atom. The fourth-order valence-electron chi connectivity index (χ4n) is 2.49. The Kier molecular flexibility index (Phi) is 6.03. The van der Waals surface area contributed by atoms with Crippen LogP contribution in [0.25, 0.3) is 0 Å². The van der Waals surface area contributed by atoms with Gasteiger partial charge in [0.2, 0.25) is 0 Å². The summed E-state index contributed by atoms with van der Waals surface area (Å²) in [5.74, 6) is 0. The molecule has 0 spiro atoms. The number of hydrogen-bond acceptors (Lipinski definition) is 1. The lowest BCUT2D eigenvalue weighted by Crippen LogP contribution is -2.23. The standard InChI is InChI=1S/C18H21Br2N/c1-4-21-18(16-11-15(19)7-8-17(16)20)10-14-6-5-12(2)13(3)9-14/h5-9,11,18,21H,4,10H2,1-3H3. The molecule has 0 aliphatic carbocycles. The van der Waals surface area contributed by atoms with E-state index in [1.54, 1.807) is 0 Å². The second-order valence-corrected chi connectivity index (χ2v) is 7.17. The second-order valence-electron chi connectivity index (χ2n) is 5.40. The van der Waals surface area contributed by atoms with Gasteiger partial charge >= 0.3 is 0 Å². The Labute approximate surface area is 144 Å². The van der Waals surface area contributed by atoms with Gasteiger partial charge in [0, 0.05) is 15.0 Å². The number of benzene rings is 2. The zero-order chi connectivity index (χ0) is 15.4. The highest BCUT2D eigenvalue weighted by Crippen LogP contribution is 2.29. The molecule has 0 bridgehead atoms. The van der Waals surface area contributed by atoms with E-state index < -0.39 is 0 Å². The van der Waals surface area contributed by atoms with Crippen LogP contribution in [0.3, 0.4) is 0 Å². The normalized spacial score (nSPS) is 12.4. The highest BCUT2D eigenvalue weighted by atomic mass is 79.9. The number of nitrogens with one attached hydrogen (secondary N) is 1. The molecule has 21 heavy (non-hydrogen) atoms. The largest absolute Gasteiger partial charge is 0.310 e. The fraction of sp³-hybridized carbons (Fsp3) is 0.333. The molecule has 0 heterocycles. The van der Waals surface area contributed by atoms with Crippen molar-refractivity contribution >= 4 is 31.9 Å². The summed E-state index contributed by atoms with van der Waals surface area (Å²) >= 11 is 7.25. The number of halogens is 2. The number of rotatable bonds is 5. The minimum absolute atomic E-state index is 0.309. The molecule has 0 radical (unpaired) electrons. The van der Waals surface area contributed by atoms with Crippen molar-refractivity contribution < 1.29 is 0 Å². The maximum atomic E-state index is 3.68. The molecule has 1 unspecified atom stereocenters. The minimum Gasteiger partial charge on any atom is -0.310 e. The summed E-state index contributed by atoms with van der Waals surface area (Å²) in [5, 5.41) is 3.60. The molecule has 1 N–H and O–H groups in total. The summed E-state index contributed by atoms with van der Waals surface area (Å²) in [7, 11) is 0. The minimum atomic E-state index is 0.309. The van der Waals surface area contributed by atoms with E-state index in [-0.39, 0.29) is 0 Å². The van der Waals surface area contributed by atoms with Gasteiger partial charge in [0.05, 0.1) is 0 Å². The topological polar surface area (TPSA) is 12.0 Å². The molecular weight excluding hydrogens is 390 g/mol. The van der Waals surface area contributed by atoms with E-state index in [4.69, 9.17) is 0 Å². The Balaban J connectivity index is 2.30. The third-order valence-electron chi connectivity index (χ3n) is 3.80. The maximum absolute atomic E-state index is 3.68. The van der Waals surface area contributed by atoms with E-state index in [0.29, 0.717) is 6.04 Å². The van der Waals surface area contributed by atoms with Crippen LogP contribution in [0, 0.1) is 13.8 Å². The van der Waals surface area contributed by atoms with E-state index in [2.05, 4.69) is 94.3 Å². The van der Waals surface area contributed by atoms with Crippen molar-refractivity contribution in [2.45, 2.75) is 33.2 Å². The molecular formula is C18H21Br2N. The quantitative estimate of drug-likeness (QED) is 0.664. The van der Waals surface area contributed by atoms with Crippen molar-refractivity contribution in [1.82, 2.24) is 5.32 Å². The maximum Gasteiger partial charge on any atom is 0.0372 e. The molecule has 2 rings (SSSR count). The van der Waals surface area contributed by atoms with Crippen molar-refractivity contribution in [2.24, 2.45) is 0 Å². The molecule has 1 nitrogen and oxygen atoms in total.